The molecule has 0 unspecified atom stereocenters. The summed E-state index contributed by atoms with van der Waals surface area (Å²) in [6, 6.07) is 3.20. The number of rotatable bonds is 3. The molecule has 0 radical (unpaired) electrons. The number of anilines is 1. The predicted molar refractivity (Wildman–Crippen MR) is 69.0 cm³/mol. The van der Waals surface area contributed by atoms with Crippen LogP contribution in [0.1, 0.15) is 28.7 Å². The number of tetrazole rings is 1. The van der Waals surface area contributed by atoms with Gasteiger partial charge in [-0.2, -0.15) is 5.21 Å². The SMILES string of the molecule is C/C(=N\O)c1cc(C)cc(NC(=O)c2nn[nH]n2)c1O. The largest absolute Gasteiger partial charge is 0.505 e. The van der Waals surface area contributed by atoms with Crippen molar-refractivity contribution in [2.24, 2.45) is 5.16 Å². The average Bonchev–Trinajstić information content (AvgIpc) is 2.95. The monoisotopic (exact) mass is 276 g/mol. The summed E-state index contributed by atoms with van der Waals surface area (Å²) in [4.78, 5) is 11.8. The Kier molecular flexibility index (Phi) is 3.60. The summed E-state index contributed by atoms with van der Waals surface area (Å²) in [5.74, 6) is -0.980. The summed E-state index contributed by atoms with van der Waals surface area (Å²) in [7, 11) is 0. The molecule has 0 fully saturated rings. The molecule has 9 nitrogen and oxygen atoms in total. The number of benzene rings is 1. The van der Waals surface area contributed by atoms with Crippen LogP contribution in [0, 0.1) is 6.92 Å². The molecule has 1 heterocycles. The van der Waals surface area contributed by atoms with Gasteiger partial charge in [-0.15, -0.1) is 10.2 Å². The van der Waals surface area contributed by atoms with Crippen LogP contribution < -0.4 is 5.32 Å². The van der Waals surface area contributed by atoms with E-state index in [-0.39, 0.29) is 23.0 Å². The van der Waals surface area contributed by atoms with Gasteiger partial charge in [0, 0.05) is 5.56 Å². The van der Waals surface area contributed by atoms with Gasteiger partial charge in [0.05, 0.1) is 11.4 Å². The number of H-pyrrole nitrogens is 1. The summed E-state index contributed by atoms with van der Waals surface area (Å²) in [6.07, 6.45) is 0. The van der Waals surface area contributed by atoms with E-state index in [0.29, 0.717) is 5.56 Å². The fraction of sp³-hybridized carbons (Fsp3) is 0.182. The maximum Gasteiger partial charge on any atom is 0.297 e. The van der Waals surface area contributed by atoms with Crippen LogP contribution in [-0.2, 0) is 0 Å². The molecule has 0 saturated carbocycles. The smallest absolute Gasteiger partial charge is 0.297 e. The molecule has 104 valence electrons. The second-order valence-electron chi connectivity index (χ2n) is 4.08. The summed E-state index contributed by atoms with van der Waals surface area (Å²) >= 11 is 0. The van der Waals surface area contributed by atoms with E-state index in [1.807, 2.05) is 0 Å². The van der Waals surface area contributed by atoms with E-state index in [2.05, 4.69) is 31.1 Å². The van der Waals surface area contributed by atoms with E-state index in [1.165, 1.54) is 6.92 Å². The van der Waals surface area contributed by atoms with Gasteiger partial charge in [-0.05, 0) is 36.8 Å². The first-order valence-electron chi connectivity index (χ1n) is 5.60. The molecule has 0 aliphatic rings. The zero-order chi connectivity index (χ0) is 14.7. The Morgan fingerprint density at radius 1 is 1.45 bits per heavy atom. The third kappa shape index (κ3) is 2.55. The van der Waals surface area contributed by atoms with Crippen LogP contribution in [0.3, 0.4) is 0 Å². The first-order chi connectivity index (χ1) is 9.52. The lowest BCUT2D eigenvalue weighted by molar-refractivity contribution is 0.101. The van der Waals surface area contributed by atoms with Crippen LogP contribution in [0.4, 0.5) is 5.69 Å². The van der Waals surface area contributed by atoms with Crippen molar-refractivity contribution in [3.05, 3.63) is 29.1 Å². The van der Waals surface area contributed by atoms with Gasteiger partial charge in [-0.1, -0.05) is 5.16 Å². The Balaban J connectivity index is 2.37. The van der Waals surface area contributed by atoms with E-state index in [1.54, 1.807) is 19.1 Å². The number of nitrogens with one attached hydrogen (secondary N) is 2. The van der Waals surface area contributed by atoms with E-state index >= 15 is 0 Å². The zero-order valence-electron chi connectivity index (χ0n) is 10.7. The highest BCUT2D eigenvalue weighted by Crippen LogP contribution is 2.30. The van der Waals surface area contributed by atoms with Crippen molar-refractivity contribution in [1.29, 1.82) is 0 Å². The number of carbonyl (C=O) groups is 1. The summed E-state index contributed by atoms with van der Waals surface area (Å²) < 4.78 is 0. The van der Waals surface area contributed by atoms with Crippen LogP contribution in [0.25, 0.3) is 0 Å². The van der Waals surface area contributed by atoms with E-state index in [4.69, 9.17) is 5.21 Å². The fourth-order valence-corrected chi connectivity index (χ4v) is 1.64. The number of hydrogen-bond acceptors (Lipinski definition) is 7. The van der Waals surface area contributed by atoms with Gasteiger partial charge in [0.15, 0.2) is 0 Å². The number of phenolic OH excluding ortho intramolecular Hbond substituents is 1. The number of oxime groups is 1. The number of aryl methyl sites for hydroxylation is 1. The van der Waals surface area contributed by atoms with Crippen molar-refractivity contribution >= 4 is 17.3 Å². The first-order valence-corrected chi connectivity index (χ1v) is 5.60. The van der Waals surface area contributed by atoms with Crippen molar-refractivity contribution in [3.8, 4) is 5.75 Å². The molecule has 2 rings (SSSR count). The van der Waals surface area contributed by atoms with E-state index < -0.39 is 5.91 Å². The number of amides is 1. The molecular formula is C11H12N6O3. The number of aromatic amines is 1. The molecule has 9 heteroatoms. The molecule has 0 atom stereocenters. The number of hydrogen-bond donors (Lipinski definition) is 4. The number of phenols is 1. The molecule has 1 amide bonds. The number of nitrogens with zero attached hydrogens (tertiary/aromatic N) is 4. The van der Waals surface area contributed by atoms with Crippen LogP contribution in [-0.4, -0.2) is 42.6 Å². The second-order valence-corrected chi connectivity index (χ2v) is 4.08. The normalized spacial score (nSPS) is 11.4. The maximum atomic E-state index is 11.8. The van der Waals surface area contributed by atoms with Crippen LogP contribution in [0.2, 0.25) is 0 Å². The standard InChI is InChI=1S/C11H12N6O3/c1-5-3-7(6(2)15-20)9(18)8(4-5)12-11(19)10-13-16-17-14-10/h3-4,18,20H,1-2H3,(H,12,19)(H,13,14,16,17)/b15-6+. The van der Waals surface area contributed by atoms with E-state index in [0.717, 1.165) is 5.56 Å². The zero-order valence-corrected chi connectivity index (χ0v) is 10.7. The van der Waals surface area contributed by atoms with Crippen LogP contribution in [0.15, 0.2) is 17.3 Å². The Labute approximate surface area is 113 Å². The molecule has 0 spiro atoms. The molecule has 20 heavy (non-hydrogen) atoms. The molecule has 0 aliphatic heterocycles. The molecule has 2 aromatic rings. The van der Waals surface area contributed by atoms with Gasteiger partial charge in [0.25, 0.3) is 11.7 Å². The molecule has 1 aromatic carbocycles. The average molecular weight is 276 g/mol. The lowest BCUT2D eigenvalue weighted by atomic mass is 10.0. The fourth-order valence-electron chi connectivity index (χ4n) is 1.64. The van der Waals surface area contributed by atoms with Crippen LogP contribution >= 0.6 is 0 Å². The number of carbonyl (C=O) groups excluding carboxylic acids is 1. The van der Waals surface area contributed by atoms with E-state index in [9.17, 15) is 9.90 Å². The maximum absolute atomic E-state index is 11.8. The lowest BCUT2D eigenvalue weighted by Crippen LogP contribution is -2.14. The summed E-state index contributed by atoms with van der Waals surface area (Å²) in [5, 5.41) is 36.9. The highest BCUT2D eigenvalue weighted by Gasteiger charge is 2.16. The predicted octanol–water partition coefficient (Wildman–Crippen LogP) is 0.664. The molecule has 0 saturated heterocycles. The van der Waals surface area contributed by atoms with Gasteiger partial charge in [0.1, 0.15) is 5.75 Å². The lowest BCUT2D eigenvalue weighted by Gasteiger charge is -2.11. The third-order valence-corrected chi connectivity index (χ3v) is 2.59. The quantitative estimate of drug-likeness (QED) is 0.281. The number of aromatic nitrogens is 4. The minimum Gasteiger partial charge on any atom is -0.505 e. The first kappa shape index (κ1) is 13.5. The molecule has 1 aromatic heterocycles. The third-order valence-electron chi connectivity index (χ3n) is 2.59. The Bertz CT molecular complexity index is 665. The van der Waals surface area contributed by atoms with Gasteiger partial charge < -0.3 is 15.6 Å². The Morgan fingerprint density at radius 3 is 2.80 bits per heavy atom. The van der Waals surface area contributed by atoms with Crippen molar-refractivity contribution in [1.82, 2.24) is 20.6 Å². The highest BCUT2D eigenvalue weighted by atomic mass is 16.4. The van der Waals surface area contributed by atoms with Crippen molar-refractivity contribution in [2.75, 3.05) is 5.32 Å². The minimum absolute atomic E-state index is 0.153. The summed E-state index contributed by atoms with van der Waals surface area (Å²) in [5.41, 5.74) is 1.47. The van der Waals surface area contributed by atoms with Crippen LogP contribution in [0.5, 0.6) is 5.75 Å². The highest BCUT2D eigenvalue weighted by molar-refractivity contribution is 6.06. The number of aromatic hydroxyl groups is 1. The molecule has 4 N–H and O–H groups in total. The Morgan fingerprint density at radius 2 is 2.20 bits per heavy atom. The van der Waals surface area contributed by atoms with Crippen molar-refractivity contribution < 1.29 is 15.1 Å². The van der Waals surface area contributed by atoms with Gasteiger partial charge in [0.2, 0.25) is 0 Å². The van der Waals surface area contributed by atoms with Crippen molar-refractivity contribution in [2.45, 2.75) is 13.8 Å². The minimum atomic E-state index is -0.621. The molecule has 0 bridgehead atoms. The van der Waals surface area contributed by atoms with Gasteiger partial charge >= 0.3 is 0 Å². The van der Waals surface area contributed by atoms with Gasteiger partial charge in [-0.25, -0.2) is 0 Å². The van der Waals surface area contributed by atoms with Gasteiger partial charge in [-0.3, -0.25) is 4.79 Å². The topological polar surface area (TPSA) is 136 Å². The summed E-state index contributed by atoms with van der Waals surface area (Å²) in [6.45, 7) is 3.30. The Hall–Kier alpha value is -2.97. The van der Waals surface area contributed by atoms with Crippen molar-refractivity contribution in [3.63, 3.8) is 0 Å². The molecular weight excluding hydrogens is 264 g/mol. The second kappa shape index (κ2) is 5.34. The molecule has 0 aliphatic carbocycles.